The number of benzene rings is 1. The van der Waals surface area contributed by atoms with Crippen LogP contribution in [0.3, 0.4) is 0 Å². The van der Waals surface area contributed by atoms with Crippen LogP contribution in [0, 0.1) is 0 Å². The van der Waals surface area contributed by atoms with Crippen molar-refractivity contribution in [3.63, 3.8) is 0 Å². The second kappa shape index (κ2) is 10.2. The van der Waals surface area contributed by atoms with Crippen LogP contribution < -0.4 is 22.1 Å². The number of carbonyl (C=O) groups excluding carboxylic acids is 1. The van der Waals surface area contributed by atoms with Gasteiger partial charge >= 0.3 is 11.9 Å². The molecule has 0 saturated heterocycles. The Hall–Kier alpha value is -3.54. The fourth-order valence-electron chi connectivity index (χ4n) is 3.40. The normalized spacial score (nSPS) is 15.4. The lowest BCUT2D eigenvalue weighted by Crippen LogP contribution is -2.41. The highest BCUT2D eigenvalue weighted by molar-refractivity contribution is 7.99. The molecular weight excluding hydrogens is 436 g/mol. The first-order valence-corrected chi connectivity index (χ1v) is 10.9. The Labute approximate surface area is 188 Å². The number of nitrogens with one attached hydrogen (secondary N) is 2. The number of carbonyl (C=O) groups is 3. The second-order valence-electron chi connectivity index (χ2n) is 7.27. The van der Waals surface area contributed by atoms with Gasteiger partial charge in [0.2, 0.25) is 5.95 Å². The van der Waals surface area contributed by atoms with Crippen LogP contribution in [-0.2, 0) is 9.59 Å². The van der Waals surface area contributed by atoms with Crippen molar-refractivity contribution in [1.82, 2.24) is 15.3 Å². The average Bonchev–Trinajstić information content (AvgIpc) is 3.14. The van der Waals surface area contributed by atoms with Gasteiger partial charge in [-0.15, -0.1) is 11.8 Å². The quantitative estimate of drug-likeness (QED) is 0.280. The molecule has 0 bridgehead atoms. The van der Waals surface area contributed by atoms with Gasteiger partial charge in [-0.3, -0.25) is 9.59 Å². The van der Waals surface area contributed by atoms with Crippen molar-refractivity contribution in [3.8, 4) is 0 Å². The first-order chi connectivity index (χ1) is 15.2. The maximum Gasteiger partial charge on any atom is 0.326 e. The van der Waals surface area contributed by atoms with Crippen LogP contribution in [0.15, 0.2) is 29.2 Å². The van der Waals surface area contributed by atoms with E-state index in [1.165, 1.54) is 0 Å². The van der Waals surface area contributed by atoms with Gasteiger partial charge in [0, 0.05) is 34.9 Å². The first kappa shape index (κ1) is 23.1. The van der Waals surface area contributed by atoms with Gasteiger partial charge in [0.1, 0.15) is 17.7 Å². The SMILES string of the molecule is Nc1nc(N)c2c(n1)NCC2CCSc1ccc(C(=O)N[C@@H](CCC(=O)O)C(=O)O)cc1. The monoisotopic (exact) mass is 460 g/mol. The highest BCUT2D eigenvalue weighted by Gasteiger charge is 2.27. The third-order valence-corrected chi connectivity index (χ3v) is 6.06. The number of anilines is 3. The minimum atomic E-state index is -1.27. The van der Waals surface area contributed by atoms with Gasteiger partial charge in [-0.25, -0.2) is 4.79 Å². The van der Waals surface area contributed by atoms with Crippen molar-refractivity contribution >= 4 is 47.2 Å². The number of nitrogen functional groups attached to an aromatic ring is 2. The molecule has 1 unspecified atom stereocenters. The number of aromatic nitrogens is 2. The van der Waals surface area contributed by atoms with Crippen LogP contribution in [0.2, 0.25) is 0 Å². The molecule has 1 aliphatic heterocycles. The molecule has 1 aromatic heterocycles. The van der Waals surface area contributed by atoms with E-state index in [1.807, 2.05) is 0 Å². The van der Waals surface area contributed by atoms with Crippen molar-refractivity contribution in [1.29, 1.82) is 0 Å². The fraction of sp³-hybridized carbons (Fsp3) is 0.350. The van der Waals surface area contributed by atoms with Crippen molar-refractivity contribution in [2.45, 2.75) is 36.1 Å². The molecule has 1 aromatic carbocycles. The molecule has 0 aliphatic carbocycles. The molecule has 1 aliphatic rings. The van der Waals surface area contributed by atoms with E-state index in [-0.39, 0.29) is 24.7 Å². The summed E-state index contributed by atoms with van der Waals surface area (Å²) in [6, 6.07) is 5.52. The molecule has 12 heteroatoms. The lowest BCUT2D eigenvalue weighted by molar-refractivity contribution is -0.140. The molecule has 32 heavy (non-hydrogen) atoms. The predicted octanol–water partition coefficient (Wildman–Crippen LogP) is 1.38. The van der Waals surface area contributed by atoms with Crippen LogP contribution in [0.1, 0.15) is 41.1 Å². The van der Waals surface area contributed by atoms with E-state index in [4.69, 9.17) is 21.7 Å². The number of aliphatic carboxylic acids is 2. The Kier molecular flexibility index (Phi) is 7.36. The molecule has 0 spiro atoms. The van der Waals surface area contributed by atoms with Gasteiger partial charge in [0.25, 0.3) is 5.91 Å². The number of thioether (sulfide) groups is 1. The largest absolute Gasteiger partial charge is 0.481 e. The summed E-state index contributed by atoms with van der Waals surface area (Å²) in [5.41, 5.74) is 12.8. The highest BCUT2D eigenvalue weighted by Crippen LogP contribution is 2.37. The molecular formula is C20H24N6O5S. The number of nitrogens with zero attached hydrogens (tertiary/aromatic N) is 2. The molecule has 170 valence electrons. The smallest absolute Gasteiger partial charge is 0.326 e. The van der Waals surface area contributed by atoms with Crippen molar-refractivity contribution < 1.29 is 24.6 Å². The van der Waals surface area contributed by atoms with E-state index < -0.39 is 23.9 Å². The lowest BCUT2D eigenvalue weighted by Gasteiger charge is -2.14. The van der Waals surface area contributed by atoms with Crippen LogP contribution in [-0.4, -0.2) is 56.4 Å². The van der Waals surface area contributed by atoms with Gasteiger partial charge in [-0.1, -0.05) is 0 Å². The predicted molar refractivity (Wildman–Crippen MR) is 120 cm³/mol. The number of carboxylic acid groups (broad SMARTS) is 2. The topological polar surface area (TPSA) is 194 Å². The number of amides is 1. The van der Waals surface area contributed by atoms with Gasteiger partial charge in [0.05, 0.1) is 0 Å². The summed E-state index contributed by atoms with van der Waals surface area (Å²) < 4.78 is 0. The van der Waals surface area contributed by atoms with Crippen molar-refractivity contribution in [2.24, 2.45) is 0 Å². The number of rotatable bonds is 10. The number of fused-ring (bicyclic) bond motifs is 1. The third kappa shape index (κ3) is 5.78. The third-order valence-electron chi connectivity index (χ3n) is 5.02. The molecule has 2 aromatic rings. The summed E-state index contributed by atoms with van der Waals surface area (Å²) in [6.45, 7) is 0.712. The van der Waals surface area contributed by atoms with E-state index in [2.05, 4.69) is 20.6 Å². The zero-order chi connectivity index (χ0) is 23.3. The molecule has 0 saturated carbocycles. The van der Waals surface area contributed by atoms with E-state index in [1.54, 1.807) is 36.0 Å². The van der Waals surface area contributed by atoms with E-state index in [9.17, 15) is 14.4 Å². The molecule has 2 atom stereocenters. The zero-order valence-corrected chi connectivity index (χ0v) is 17.9. The van der Waals surface area contributed by atoms with Crippen molar-refractivity contribution in [2.75, 3.05) is 29.1 Å². The van der Waals surface area contributed by atoms with Crippen LogP contribution in [0.25, 0.3) is 0 Å². The van der Waals surface area contributed by atoms with Crippen LogP contribution in [0.4, 0.5) is 17.6 Å². The molecule has 11 nitrogen and oxygen atoms in total. The first-order valence-electron chi connectivity index (χ1n) is 9.89. The zero-order valence-electron chi connectivity index (χ0n) is 17.1. The molecule has 1 amide bonds. The number of hydrogen-bond acceptors (Lipinski definition) is 9. The average molecular weight is 461 g/mol. The Morgan fingerprint density at radius 1 is 1.19 bits per heavy atom. The van der Waals surface area contributed by atoms with E-state index in [0.29, 0.717) is 23.7 Å². The molecule has 8 N–H and O–H groups in total. The summed E-state index contributed by atoms with van der Waals surface area (Å²) in [6.07, 6.45) is 0.304. The fourth-order valence-corrected chi connectivity index (χ4v) is 4.37. The number of hydrogen-bond donors (Lipinski definition) is 6. The van der Waals surface area contributed by atoms with Gasteiger partial charge in [-0.05, 0) is 42.9 Å². The minimum absolute atomic E-state index is 0.143. The summed E-state index contributed by atoms with van der Waals surface area (Å²) in [5.74, 6) is -0.757. The summed E-state index contributed by atoms with van der Waals surface area (Å²) in [5, 5.41) is 23.4. The Morgan fingerprint density at radius 2 is 1.91 bits per heavy atom. The molecule has 2 heterocycles. The minimum Gasteiger partial charge on any atom is -0.481 e. The summed E-state index contributed by atoms with van der Waals surface area (Å²) in [7, 11) is 0. The number of nitrogens with two attached hydrogens (primary N) is 2. The summed E-state index contributed by atoms with van der Waals surface area (Å²) in [4.78, 5) is 43.4. The van der Waals surface area contributed by atoms with Gasteiger partial charge in [-0.2, -0.15) is 9.97 Å². The summed E-state index contributed by atoms with van der Waals surface area (Å²) >= 11 is 1.62. The molecule has 3 rings (SSSR count). The highest BCUT2D eigenvalue weighted by atomic mass is 32.2. The van der Waals surface area contributed by atoms with E-state index >= 15 is 0 Å². The van der Waals surface area contributed by atoms with Gasteiger partial charge in [0.15, 0.2) is 0 Å². The van der Waals surface area contributed by atoms with Crippen LogP contribution in [0.5, 0.6) is 0 Å². The molecule has 0 radical (unpaired) electrons. The van der Waals surface area contributed by atoms with Crippen LogP contribution >= 0.6 is 11.8 Å². The Balaban J connectivity index is 1.52. The van der Waals surface area contributed by atoms with Gasteiger partial charge < -0.3 is 32.3 Å². The van der Waals surface area contributed by atoms with Crippen molar-refractivity contribution in [3.05, 3.63) is 35.4 Å². The Bertz CT molecular complexity index is 1020. The molecule has 0 fully saturated rings. The number of carboxylic acids is 2. The Morgan fingerprint density at radius 3 is 2.56 bits per heavy atom. The lowest BCUT2D eigenvalue weighted by atomic mass is 10.0. The van der Waals surface area contributed by atoms with E-state index in [0.717, 1.165) is 22.6 Å². The maximum atomic E-state index is 12.3. The second-order valence-corrected chi connectivity index (χ2v) is 8.43. The maximum absolute atomic E-state index is 12.3. The standard InChI is InChI=1S/C20H24N6O5S/c21-16-15-11(9-23-17(15)26-20(22)25-16)7-8-32-12-3-1-10(2-4-12)18(29)24-13(19(30)31)5-6-14(27)28/h1-4,11,13H,5-9H2,(H,24,29)(H,27,28)(H,30,31)(H5,21,22,23,25,26)/t11?,13-/m0/s1.